The van der Waals surface area contributed by atoms with Crippen molar-refractivity contribution in [3.05, 3.63) is 65.7 Å². The molecule has 3 N–H and O–H groups in total. The van der Waals surface area contributed by atoms with Gasteiger partial charge in [0.15, 0.2) is 0 Å². The average Bonchev–Trinajstić information content (AvgIpc) is 2.76. The lowest BCUT2D eigenvalue weighted by atomic mass is 10.1. The maximum Gasteiger partial charge on any atom is 0.319 e. The second kappa shape index (κ2) is 11.2. The standard InChI is InChI=1S/C22H28N4O3/c27-21(23-12-13-26-14-16-29-17-15-26)19-6-8-20(9-7-19)25-22(28)24-11-10-18-4-2-1-3-5-18/h1-9H,10-17H2,(H,23,27)(H2,24,25,28). The predicted octanol–water partition coefficient (Wildman–Crippen LogP) is 2.11. The number of carbonyl (C=O) groups excluding carboxylic acids is 2. The molecule has 0 atom stereocenters. The molecule has 0 aromatic heterocycles. The third-order valence-corrected chi connectivity index (χ3v) is 4.76. The van der Waals surface area contributed by atoms with Crippen LogP contribution < -0.4 is 16.0 Å². The molecule has 3 rings (SSSR count). The molecular formula is C22H28N4O3. The van der Waals surface area contributed by atoms with Crippen molar-refractivity contribution in [3.63, 3.8) is 0 Å². The Morgan fingerprint density at radius 2 is 1.62 bits per heavy atom. The molecule has 154 valence electrons. The van der Waals surface area contributed by atoms with Crippen molar-refractivity contribution in [1.29, 1.82) is 0 Å². The number of rotatable bonds is 8. The number of amides is 3. The van der Waals surface area contributed by atoms with E-state index < -0.39 is 0 Å². The second-order valence-electron chi connectivity index (χ2n) is 6.90. The highest BCUT2D eigenvalue weighted by Crippen LogP contribution is 2.09. The minimum absolute atomic E-state index is 0.114. The number of morpholine rings is 1. The van der Waals surface area contributed by atoms with Gasteiger partial charge in [0.05, 0.1) is 13.2 Å². The zero-order valence-corrected chi connectivity index (χ0v) is 16.5. The van der Waals surface area contributed by atoms with Gasteiger partial charge in [-0.2, -0.15) is 0 Å². The van der Waals surface area contributed by atoms with E-state index in [0.29, 0.717) is 24.3 Å². The summed E-state index contributed by atoms with van der Waals surface area (Å²) < 4.78 is 5.31. The van der Waals surface area contributed by atoms with Crippen molar-refractivity contribution in [3.8, 4) is 0 Å². The summed E-state index contributed by atoms with van der Waals surface area (Å²) in [7, 11) is 0. The van der Waals surface area contributed by atoms with Crippen LogP contribution in [0.5, 0.6) is 0 Å². The first-order chi connectivity index (χ1) is 14.2. The number of hydrogen-bond donors (Lipinski definition) is 3. The third kappa shape index (κ3) is 7.21. The molecule has 0 spiro atoms. The molecule has 2 aromatic rings. The smallest absolute Gasteiger partial charge is 0.319 e. The molecule has 7 heteroatoms. The SMILES string of the molecule is O=C(NCCc1ccccc1)Nc1ccc(C(=O)NCCN2CCOCC2)cc1. The Hall–Kier alpha value is -2.90. The van der Waals surface area contributed by atoms with Crippen LogP contribution in [-0.2, 0) is 11.2 Å². The molecule has 1 heterocycles. The van der Waals surface area contributed by atoms with Gasteiger partial charge in [-0.15, -0.1) is 0 Å². The van der Waals surface area contributed by atoms with Gasteiger partial charge in [-0.1, -0.05) is 30.3 Å². The molecule has 3 amide bonds. The molecular weight excluding hydrogens is 368 g/mol. The van der Waals surface area contributed by atoms with Gasteiger partial charge in [0, 0.05) is 44.0 Å². The number of nitrogens with zero attached hydrogens (tertiary/aromatic N) is 1. The van der Waals surface area contributed by atoms with Gasteiger partial charge in [-0.25, -0.2) is 4.79 Å². The molecule has 29 heavy (non-hydrogen) atoms. The Morgan fingerprint density at radius 1 is 0.897 bits per heavy atom. The van der Waals surface area contributed by atoms with Gasteiger partial charge in [-0.05, 0) is 36.2 Å². The molecule has 0 saturated carbocycles. The maximum atomic E-state index is 12.2. The van der Waals surface area contributed by atoms with E-state index in [-0.39, 0.29) is 11.9 Å². The van der Waals surface area contributed by atoms with E-state index in [0.717, 1.165) is 39.3 Å². The average molecular weight is 396 g/mol. The lowest BCUT2D eigenvalue weighted by Crippen LogP contribution is -2.41. The van der Waals surface area contributed by atoms with E-state index >= 15 is 0 Å². The first kappa shape index (κ1) is 20.8. The normalized spacial score (nSPS) is 14.2. The van der Waals surface area contributed by atoms with Crippen LogP contribution in [0.25, 0.3) is 0 Å². The van der Waals surface area contributed by atoms with E-state index in [1.54, 1.807) is 24.3 Å². The van der Waals surface area contributed by atoms with E-state index in [4.69, 9.17) is 4.74 Å². The van der Waals surface area contributed by atoms with E-state index in [9.17, 15) is 9.59 Å². The quantitative estimate of drug-likeness (QED) is 0.638. The van der Waals surface area contributed by atoms with Crippen LogP contribution in [0, 0.1) is 0 Å². The summed E-state index contributed by atoms with van der Waals surface area (Å²) in [6.07, 6.45) is 0.776. The topological polar surface area (TPSA) is 82.7 Å². The van der Waals surface area contributed by atoms with Crippen LogP contribution in [0.4, 0.5) is 10.5 Å². The molecule has 1 fully saturated rings. The molecule has 0 unspecified atom stereocenters. The summed E-state index contributed by atoms with van der Waals surface area (Å²) in [5.74, 6) is -0.114. The van der Waals surface area contributed by atoms with Gasteiger partial charge < -0.3 is 20.7 Å². The van der Waals surface area contributed by atoms with E-state index in [2.05, 4.69) is 20.9 Å². The van der Waals surface area contributed by atoms with Crippen LogP contribution in [0.15, 0.2) is 54.6 Å². The van der Waals surface area contributed by atoms with Crippen molar-refractivity contribution >= 4 is 17.6 Å². The predicted molar refractivity (Wildman–Crippen MR) is 113 cm³/mol. The van der Waals surface area contributed by atoms with Gasteiger partial charge in [0.2, 0.25) is 0 Å². The first-order valence-corrected chi connectivity index (χ1v) is 9.98. The lowest BCUT2D eigenvalue weighted by Gasteiger charge is -2.26. The number of benzene rings is 2. The zero-order valence-electron chi connectivity index (χ0n) is 16.5. The largest absolute Gasteiger partial charge is 0.379 e. The fourth-order valence-corrected chi connectivity index (χ4v) is 3.10. The lowest BCUT2D eigenvalue weighted by molar-refractivity contribution is 0.0383. The number of ether oxygens (including phenoxy) is 1. The second-order valence-corrected chi connectivity index (χ2v) is 6.90. The summed E-state index contributed by atoms with van der Waals surface area (Å²) >= 11 is 0. The molecule has 1 saturated heterocycles. The zero-order chi connectivity index (χ0) is 20.3. The fourth-order valence-electron chi connectivity index (χ4n) is 3.10. The van der Waals surface area contributed by atoms with Gasteiger partial charge in [-0.3, -0.25) is 9.69 Å². The van der Waals surface area contributed by atoms with Crippen LogP contribution in [0.3, 0.4) is 0 Å². The van der Waals surface area contributed by atoms with Gasteiger partial charge in [0.1, 0.15) is 0 Å². The number of urea groups is 1. The Morgan fingerprint density at radius 3 is 2.34 bits per heavy atom. The van der Waals surface area contributed by atoms with E-state index in [1.807, 2.05) is 30.3 Å². The molecule has 0 aliphatic carbocycles. The van der Waals surface area contributed by atoms with Gasteiger partial charge in [0.25, 0.3) is 5.91 Å². The van der Waals surface area contributed by atoms with Crippen molar-refractivity contribution in [2.75, 3.05) is 51.3 Å². The summed E-state index contributed by atoms with van der Waals surface area (Å²) in [6, 6.07) is 16.6. The van der Waals surface area contributed by atoms with Crippen LogP contribution in [0.1, 0.15) is 15.9 Å². The monoisotopic (exact) mass is 396 g/mol. The van der Waals surface area contributed by atoms with Crippen LogP contribution in [0.2, 0.25) is 0 Å². The minimum Gasteiger partial charge on any atom is -0.379 e. The van der Waals surface area contributed by atoms with E-state index in [1.165, 1.54) is 5.56 Å². The van der Waals surface area contributed by atoms with Crippen LogP contribution >= 0.6 is 0 Å². The molecule has 1 aliphatic rings. The number of hydrogen-bond acceptors (Lipinski definition) is 4. The highest BCUT2D eigenvalue weighted by atomic mass is 16.5. The number of anilines is 1. The van der Waals surface area contributed by atoms with Gasteiger partial charge >= 0.3 is 6.03 Å². The summed E-state index contributed by atoms with van der Waals surface area (Å²) in [6.45, 7) is 5.29. The molecule has 0 bridgehead atoms. The first-order valence-electron chi connectivity index (χ1n) is 9.98. The summed E-state index contributed by atoms with van der Waals surface area (Å²) in [5.41, 5.74) is 2.39. The number of carbonyl (C=O) groups is 2. The molecule has 7 nitrogen and oxygen atoms in total. The summed E-state index contributed by atoms with van der Waals surface area (Å²) in [5, 5.41) is 8.54. The molecule has 1 aliphatic heterocycles. The van der Waals surface area contributed by atoms with Crippen molar-refractivity contribution in [1.82, 2.24) is 15.5 Å². The molecule has 0 radical (unpaired) electrons. The van der Waals surface area contributed by atoms with Crippen molar-refractivity contribution in [2.45, 2.75) is 6.42 Å². The van der Waals surface area contributed by atoms with Crippen LogP contribution in [-0.4, -0.2) is 62.8 Å². The highest BCUT2D eigenvalue weighted by molar-refractivity contribution is 5.95. The van der Waals surface area contributed by atoms with Crippen molar-refractivity contribution in [2.24, 2.45) is 0 Å². The minimum atomic E-state index is -0.261. The maximum absolute atomic E-state index is 12.2. The van der Waals surface area contributed by atoms with Crippen molar-refractivity contribution < 1.29 is 14.3 Å². The Kier molecular flexibility index (Phi) is 8.03. The summed E-state index contributed by atoms with van der Waals surface area (Å²) in [4.78, 5) is 26.5. The Balaban J connectivity index is 1.36. The molecule has 2 aromatic carbocycles. The Labute approximate surface area is 171 Å². The Bertz CT molecular complexity index is 774. The number of nitrogens with one attached hydrogen (secondary N) is 3. The third-order valence-electron chi connectivity index (χ3n) is 4.76. The highest BCUT2D eigenvalue weighted by Gasteiger charge is 2.11. The fraction of sp³-hybridized carbons (Fsp3) is 0.364.